The molecule has 0 aliphatic carbocycles. The molecular formula is C21H30N6O. The van der Waals surface area contributed by atoms with Crippen LogP contribution >= 0.6 is 0 Å². The van der Waals surface area contributed by atoms with Gasteiger partial charge in [-0.05, 0) is 32.8 Å². The Bertz CT molecular complexity index is 749. The van der Waals surface area contributed by atoms with E-state index in [1.807, 2.05) is 30.2 Å². The Hall–Kier alpha value is -2.51. The maximum absolute atomic E-state index is 9.12. The molecule has 0 bridgehead atoms. The van der Waals surface area contributed by atoms with Crippen molar-refractivity contribution < 1.29 is 4.42 Å². The van der Waals surface area contributed by atoms with E-state index in [1.54, 1.807) is 0 Å². The molecule has 7 heteroatoms. The lowest BCUT2D eigenvalue weighted by molar-refractivity contribution is 0.0874. The number of nitrogens with zero attached hydrogens (tertiary/aromatic N) is 6. The predicted octanol–water partition coefficient (Wildman–Crippen LogP) is 2.86. The van der Waals surface area contributed by atoms with Gasteiger partial charge in [0.05, 0.1) is 25.2 Å². The first-order chi connectivity index (χ1) is 13.5. The van der Waals surface area contributed by atoms with Gasteiger partial charge in [-0.15, -0.1) is 0 Å². The van der Waals surface area contributed by atoms with Crippen molar-refractivity contribution >= 4 is 11.7 Å². The quantitative estimate of drug-likeness (QED) is 0.721. The second kappa shape index (κ2) is 9.12. The molecule has 3 rings (SSSR count). The van der Waals surface area contributed by atoms with Gasteiger partial charge < -0.3 is 14.2 Å². The van der Waals surface area contributed by atoms with E-state index in [9.17, 15) is 0 Å². The number of likely N-dealkylation sites (tertiary alicyclic amines) is 1. The topological polar surface area (TPSA) is 82.8 Å². The van der Waals surface area contributed by atoms with E-state index in [-0.39, 0.29) is 0 Å². The molecule has 1 saturated heterocycles. The molecule has 0 amide bonds. The van der Waals surface area contributed by atoms with Crippen LogP contribution in [0.5, 0.6) is 0 Å². The largest absolute Gasteiger partial charge is 0.444 e. The maximum Gasteiger partial charge on any atom is 0.195 e. The smallest absolute Gasteiger partial charge is 0.195 e. The van der Waals surface area contributed by atoms with Gasteiger partial charge in [-0.2, -0.15) is 10.5 Å². The van der Waals surface area contributed by atoms with Gasteiger partial charge in [0.25, 0.3) is 0 Å². The van der Waals surface area contributed by atoms with Gasteiger partial charge in [-0.25, -0.2) is 0 Å². The number of nitriles is 2. The minimum atomic E-state index is -0.781. The van der Waals surface area contributed by atoms with E-state index in [0.29, 0.717) is 31.0 Å². The highest BCUT2D eigenvalue weighted by molar-refractivity contribution is 5.90. The van der Waals surface area contributed by atoms with Crippen molar-refractivity contribution in [1.82, 2.24) is 9.80 Å². The summed E-state index contributed by atoms with van der Waals surface area (Å²) in [5.41, 5.74) is 0. The molecule has 3 heterocycles. The molecule has 28 heavy (non-hydrogen) atoms. The molecule has 2 aliphatic rings. The van der Waals surface area contributed by atoms with E-state index in [4.69, 9.17) is 14.9 Å². The fourth-order valence-electron chi connectivity index (χ4n) is 4.15. The molecule has 1 aromatic heterocycles. The number of amidine groups is 1. The first kappa shape index (κ1) is 20.2. The number of furan rings is 1. The second-order valence-corrected chi connectivity index (χ2v) is 7.88. The summed E-state index contributed by atoms with van der Waals surface area (Å²) in [5, 5.41) is 18.2. The highest BCUT2D eigenvalue weighted by Crippen LogP contribution is 2.26. The fraction of sp³-hybridized carbons (Fsp3) is 0.667. The molecule has 0 N–H and O–H groups in total. The summed E-state index contributed by atoms with van der Waals surface area (Å²) in [5.74, 6) is 1.67. The standard InChI is InChI=1S/C21H30N6O/c1-16-5-4-6-17(2)27(16)15-19-7-8-20(28-19)25(3)11-12-26-10-9-24-21(26)18(13-22)14-23/h7-8,16-18H,4-6,9-12,15H2,1-3H3. The molecule has 2 aliphatic heterocycles. The van der Waals surface area contributed by atoms with Crippen LogP contribution in [0.15, 0.2) is 21.5 Å². The minimum absolute atomic E-state index is 0.594. The summed E-state index contributed by atoms with van der Waals surface area (Å²) < 4.78 is 6.11. The second-order valence-electron chi connectivity index (χ2n) is 7.88. The summed E-state index contributed by atoms with van der Waals surface area (Å²) in [6.07, 6.45) is 3.82. The third kappa shape index (κ3) is 4.48. The van der Waals surface area contributed by atoms with E-state index in [0.717, 1.165) is 31.3 Å². The van der Waals surface area contributed by atoms with Crippen LogP contribution in [0.1, 0.15) is 38.9 Å². The Kier molecular flexibility index (Phi) is 6.59. The van der Waals surface area contributed by atoms with Crippen molar-refractivity contribution in [3.05, 3.63) is 17.9 Å². The van der Waals surface area contributed by atoms with E-state index in [1.165, 1.54) is 19.3 Å². The van der Waals surface area contributed by atoms with Gasteiger partial charge in [-0.3, -0.25) is 9.89 Å². The molecule has 0 spiro atoms. The maximum atomic E-state index is 9.12. The number of likely N-dealkylation sites (N-methyl/N-ethyl adjacent to an activating group) is 1. The number of rotatable bonds is 7. The zero-order valence-electron chi connectivity index (χ0n) is 17.1. The fourth-order valence-corrected chi connectivity index (χ4v) is 4.15. The van der Waals surface area contributed by atoms with Crippen LogP contribution in [0.2, 0.25) is 0 Å². The van der Waals surface area contributed by atoms with Crippen LogP contribution in [0.25, 0.3) is 0 Å². The van der Waals surface area contributed by atoms with Crippen molar-refractivity contribution in [2.24, 2.45) is 10.9 Å². The lowest BCUT2D eigenvalue weighted by atomic mass is 9.97. The van der Waals surface area contributed by atoms with Crippen molar-refractivity contribution in [1.29, 1.82) is 10.5 Å². The first-order valence-electron chi connectivity index (χ1n) is 10.2. The van der Waals surface area contributed by atoms with Gasteiger partial charge >= 0.3 is 0 Å². The number of aliphatic imine (C=N–C) groups is 1. The molecule has 2 atom stereocenters. The number of piperidine rings is 1. The van der Waals surface area contributed by atoms with Gasteiger partial charge in [0.15, 0.2) is 11.8 Å². The predicted molar refractivity (Wildman–Crippen MR) is 109 cm³/mol. The average Bonchev–Trinajstić information content (AvgIpc) is 3.34. The monoisotopic (exact) mass is 382 g/mol. The Balaban J connectivity index is 1.55. The normalized spacial score (nSPS) is 22.8. The number of hydrogen-bond acceptors (Lipinski definition) is 7. The summed E-state index contributed by atoms with van der Waals surface area (Å²) >= 11 is 0. The zero-order valence-corrected chi connectivity index (χ0v) is 17.1. The van der Waals surface area contributed by atoms with Gasteiger partial charge in [0.2, 0.25) is 0 Å². The summed E-state index contributed by atoms with van der Waals surface area (Å²) in [7, 11) is 2.01. The van der Waals surface area contributed by atoms with Crippen LogP contribution in [0, 0.1) is 28.6 Å². The third-order valence-electron chi connectivity index (χ3n) is 5.93. The molecule has 1 fully saturated rings. The minimum Gasteiger partial charge on any atom is -0.444 e. The highest BCUT2D eigenvalue weighted by atomic mass is 16.4. The van der Waals surface area contributed by atoms with E-state index in [2.05, 4.69) is 34.7 Å². The lowest BCUT2D eigenvalue weighted by Gasteiger charge is -2.38. The molecule has 0 aromatic carbocycles. The molecule has 0 radical (unpaired) electrons. The van der Waals surface area contributed by atoms with Crippen molar-refractivity contribution in [3.63, 3.8) is 0 Å². The summed E-state index contributed by atoms with van der Waals surface area (Å²) in [4.78, 5) is 11.0. The van der Waals surface area contributed by atoms with Crippen LogP contribution in [0.3, 0.4) is 0 Å². The molecule has 7 nitrogen and oxygen atoms in total. The number of anilines is 1. The Morgan fingerprint density at radius 1 is 1.25 bits per heavy atom. The van der Waals surface area contributed by atoms with Gasteiger partial charge in [0.1, 0.15) is 11.6 Å². The first-order valence-corrected chi connectivity index (χ1v) is 10.2. The van der Waals surface area contributed by atoms with Gasteiger partial charge in [0, 0.05) is 44.8 Å². The Morgan fingerprint density at radius 2 is 1.96 bits per heavy atom. The van der Waals surface area contributed by atoms with E-state index < -0.39 is 5.92 Å². The molecule has 150 valence electrons. The Labute approximate surface area is 167 Å². The molecular weight excluding hydrogens is 352 g/mol. The van der Waals surface area contributed by atoms with Gasteiger partial charge in [-0.1, -0.05) is 6.42 Å². The van der Waals surface area contributed by atoms with E-state index >= 15 is 0 Å². The zero-order chi connectivity index (χ0) is 20.1. The molecule has 0 saturated carbocycles. The van der Waals surface area contributed by atoms with Crippen LogP contribution in [-0.2, 0) is 6.54 Å². The van der Waals surface area contributed by atoms with Crippen molar-refractivity contribution in [2.75, 3.05) is 38.1 Å². The summed E-state index contributed by atoms with van der Waals surface area (Å²) in [6, 6.07) is 9.33. The Morgan fingerprint density at radius 3 is 2.64 bits per heavy atom. The molecule has 2 unspecified atom stereocenters. The van der Waals surface area contributed by atoms with Crippen molar-refractivity contribution in [2.45, 2.75) is 51.7 Å². The van der Waals surface area contributed by atoms with Crippen LogP contribution < -0.4 is 4.90 Å². The average molecular weight is 383 g/mol. The summed E-state index contributed by atoms with van der Waals surface area (Å²) in [6.45, 7) is 8.32. The highest BCUT2D eigenvalue weighted by Gasteiger charge is 2.27. The third-order valence-corrected chi connectivity index (χ3v) is 5.93. The number of hydrogen-bond donors (Lipinski definition) is 0. The SMILES string of the molecule is CC1CCCC(C)N1Cc1ccc(N(C)CCN2CCN=C2C(C#N)C#N)o1. The van der Waals surface area contributed by atoms with Crippen molar-refractivity contribution in [3.8, 4) is 12.1 Å². The van der Waals surface area contributed by atoms with Crippen LogP contribution in [0.4, 0.5) is 5.88 Å². The lowest BCUT2D eigenvalue weighted by Crippen LogP contribution is -2.42. The molecule has 1 aromatic rings. The van der Waals surface area contributed by atoms with Crippen LogP contribution in [-0.4, -0.2) is 60.9 Å².